The van der Waals surface area contributed by atoms with Crippen LogP contribution in [0, 0.1) is 5.92 Å². The molecule has 4 aromatic rings. The number of nitrogens with two attached hydrogens (primary N) is 1. The maximum Gasteiger partial charge on any atom is 0.263 e. The molecule has 4 heterocycles. The number of anilines is 3. The molecule has 1 aliphatic heterocycles. The Morgan fingerprint density at radius 1 is 1.29 bits per heavy atom. The SMILES string of the molecule is CCSNc1cc(-c2ccn3nc(N)c(C(=O)Nc4cccnc4)c3n2)cc2c1C(=O)N(C(C)C1CC1)C2. The van der Waals surface area contributed by atoms with Crippen LogP contribution in [0.1, 0.15) is 53.0 Å². The van der Waals surface area contributed by atoms with Gasteiger partial charge in [-0.1, -0.05) is 18.9 Å². The number of carbonyl (C=O) groups excluding carboxylic acids is 2. The van der Waals surface area contributed by atoms with E-state index in [1.807, 2.05) is 23.1 Å². The Morgan fingerprint density at radius 3 is 2.87 bits per heavy atom. The molecular weight excluding hydrogens is 500 g/mol. The Kier molecular flexibility index (Phi) is 6.15. The number of nitrogens with zero attached hydrogens (tertiary/aromatic N) is 5. The molecule has 1 atom stereocenters. The highest BCUT2D eigenvalue weighted by Gasteiger charge is 2.39. The molecule has 2 amide bonds. The lowest BCUT2D eigenvalue weighted by Gasteiger charge is -2.24. The number of hydrogen-bond donors (Lipinski definition) is 3. The molecule has 0 radical (unpaired) electrons. The van der Waals surface area contributed by atoms with Crippen molar-refractivity contribution in [3.63, 3.8) is 0 Å². The van der Waals surface area contributed by atoms with Crippen LogP contribution in [0.3, 0.4) is 0 Å². The number of nitrogens with one attached hydrogen (secondary N) is 2. The number of benzene rings is 1. The summed E-state index contributed by atoms with van der Waals surface area (Å²) < 4.78 is 4.87. The predicted molar refractivity (Wildman–Crippen MR) is 149 cm³/mol. The largest absolute Gasteiger partial charge is 0.381 e. The van der Waals surface area contributed by atoms with Crippen LogP contribution in [0.5, 0.6) is 0 Å². The average Bonchev–Trinajstić information content (AvgIpc) is 3.64. The third kappa shape index (κ3) is 4.32. The van der Waals surface area contributed by atoms with Crippen molar-refractivity contribution < 1.29 is 9.59 Å². The van der Waals surface area contributed by atoms with Gasteiger partial charge in [-0.2, -0.15) is 0 Å². The normalized spacial score (nSPS) is 15.5. The van der Waals surface area contributed by atoms with Gasteiger partial charge in [0.15, 0.2) is 11.5 Å². The van der Waals surface area contributed by atoms with Gasteiger partial charge in [-0.25, -0.2) is 9.50 Å². The summed E-state index contributed by atoms with van der Waals surface area (Å²) in [6.45, 7) is 4.78. The Morgan fingerprint density at radius 2 is 2.13 bits per heavy atom. The van der Waals surface area contributed by atoms with E-state index in [1.54, 1.807) is 42.7 Å². The summed E-state index contributed by atoms with van der Waals surface area (Å²) in [5.74, 6) is 1.18. The first-order valence-electron chi connectivity index (χ1n) is 12.7. The van der Waals surface area contributed by atoms with Gasteiger partial charge in [0.2, 0.25) is 0 Å². The minimum Gasteiger partial charge on any atom is -0.381 e. The quantitative estimate of drug-likeness (QED) is 0.286. The zero-order valence-corrected chi connectivity index (χ0v) is 22.0. The van der Waals surface area contributed by atoms with E-state index in [1.165, 1.54) is 17.4 Å². The summed E-state index contributed by atoms with van der Waals surface area (Å²) in [6, 6.07) is 9.52. The fraction of sp³-hybridized carbons (Fsp3) is 0.296. The molecule has 11 heteroatoms. The number of pyridine rings is 1. The lowest BCUT2D eigenvalue weighted by atomic mass is 10.0. The van der Waals surface area contributed by atoms with Gasteiger partial charge in [0.25, 0.3) is 11.8 Å². The molecular formula is C27H28N8O2S. The monoisotopic (exact) mass is 528 g/mol. The fourth-order valence-corrected chi connectivity index (χ4v) is 5.43. The highest BCUT2D eigenvalue weighted by Crippen LogP contribution is 2.41. The van der Waals surface area contributed by atoms with E-state index in [0.29, 0.717) is 29.5 Å². The van der Waals surface area contributed by atoms with E-state index in [2.05, 4.69) is 34.0 Å². The van der Waals surface area contributed by atoms with E-state index < -0.39 is 5.91 Å². The second-order valence-electron chi connectivity index (χ2n) is 9.64. The van der Waals surface area contributed by atoms with Gasteiger partial charge in [-0.05, 0) is 61.6 Å². The summed E-state index contributed by atoms with van der Waals surface area (Å²) in [4.78, 5) is 37.4. The third-order valence-electron chi connectivity index (χ3n) is 7.11. The van der Waals surface area contributed by atoms with Crippen LogP contribution in [0.25, 0.3) is 16.9 Å². The Bertz CT molecular complexity index is 1550. The zero-order chi connectivity index (χ0) is 26.4. The van der Waals surface area contributed by atoms with Gasteiger partial charge < -0.3 is 20.7 Å². The van der Waals surface area contributed by atoms with Gasteiger partial charge in [0.1, 0.15) is 5.56 Å². The van der Waals surface area contributed by atoms with Crippen molar-refractivity contribution in [1.29, 1.82) is 0 Å². The minimum atomic E-state index is -0.416. The van der Waals surface area contributed by atoms with Gasteiger partial charge in [0.05, 0.1) is 28.8 Å². The Balaban J connectivity index is 1.39. The molecule has 0 bridgehead atoms. The molecule has 10 nitrogen and oxygen atoms in total. The molecule has 6 rings (SSSR count). The number of fused-ring (bicyclic) bond motifs is 2. The summed E-state index contributed by atoms with van der Waals surface area (Å²) in [6.07, 6.45) is 7.28. The highest BCUT2D eigenvalue weighted by atomic mass is 32.2. The van der Waals surface area contributed by atoms with Gasteiger partial charge in [-0.15, -0.1) is 5.10 Å². The van der Waals surface area contributed by atoms with E-state index >= 15 is 0 Å². The molecule has 3 aromatic heterocycles. The lowest BCUT2D eigenvalue weighted by molar-refractivity contribution is 0.0698. The van der Waals surface area contributed by atoms with E-state index in [-0.39, 0.29) is 23.3 Å². The molecule has 1 aromatic carbocycles. The van der Waals surface area contributed by atoms with Crippen molar-refractivity contribution in [2.75, 3.05) is 21.5 Å². The summed E-state index contributed by atoms with van der Waals surface area (Å²) >= 11 is 1.54. The Hall–Kier alpha value is -4.12. The molecule has 1 unspecified atom stereocenters. The number of nitrogen functional groups attached to an aromatic ring is 1. The molecule has 1 saturated carbocycles. The second-order valence-corrected chi connectivity index (χ2v) is 10.7. The number of rotatable bonds is 8. The Labute approximate surface area is 224 Å². The number of carbonyl (C=O) groups is 2. The van der Waals surface area contributed by atoms with Gasteiger partial charge in [0, 0.05) is 36.3 Å². The molecule has 0 spiro atoms. The number of hydrogen-bond acceptors (Lipinski definition) is 8. The van der Waals surface area contributed by atoms with Crippen LogP contribution in [0.15, 0.2) is 48.9 Å². The third-order valence-corrected chi connectivity index (χ3v) is 7.77. The van der Waals surface area contributed by atoms with Gasteiger partial charge >= 0.3 is 0 Å². The zero-order valence-electron chi connectivity index (χ0n) is 21.1. The minimum absolute atomic E-state index is 0.0755. The van der Waals surface area contributed by atoms with Gasteiger partial charge in [-0.3, -0.25) is 14.6 Å². The van der Waals surface area contributed by atoms with Crippen molar-refractivity contribution in [2.45, 2.75) is 39.3 Å². The number of aromatic nitrogens is 4. The fourth-order valence-electron chi connectivity index (χ4n) is 4.97. The molecule has 194 valence electrons. The molecule has 4 N–H and O–H groups in total. The standard InChI is InChI=1S/C27H28N8O2S/c1-3-38-33-21-12-17(11-18-14-34(27(37)22(18)21)15(2)16-6-7-16)20-8-10-35-25(31-20)23(24(28)32-35)26(36)30-19-5-4-9-29-13-19/h4-5,8-13,15-16,33H,3,6-7,14H2,1-2H3,(H2,28,32)(H,30,36). The summed E-state index contributed by atoms with van der Waals surface area (Å²) in [5, 5.41) is 7.08. The number of amides is 2. The van der Waals surface area contributed by atoms with Crippen LogP contribution < -0.4 is 15.8 Å². The van der Waals surface area contributed by atoms with E-state index in [4.69, 9.17) is 10.7 Å². The van der Waals surface area contributed by atoms with Crippen LogP contribution in [0.2, 0.25) is 0 Å². The highest BCUT2D eigenvalue weighted by molar-refractivity contribution is 8.00. The maximum absolute atomic E-state index is 13.4. The topological polar surface area (TPSA) is 131 Å². The van der Waals surface area contributed by atoms with Crippen molar-refractivity contribution in [3.05, 3.63) is 65.6 Å². The summed E-state index contributed by atoms with van der Waals surface area (Å²) in [5.41, 5.74) is 11.2. The summed E-state index contributed by atoms with van der Waals surface area (Å²) in [7, 11) is 0. The van der Waals surface area contributed by atoms with Crippen LogP contribution in [0.4, 0.5) is 17.2 Å². The van der Waals surface area contributed by atoms with Crippen molar-refractivity contribution in [1.82, 2.24) is 24.5 Å². The van der Waals surface area contributed by atoms with Crippen LogP contribution in [-0.2, 0) is 6.54 Å². The van der Waals surface area contributed by atoms with Crippen LogP contribution >= 0.6 is 11.9 Å². The molecule has 2 aliphatic rings. The molecule has 1 fully saturated rings. The van der Waals surface area contributed by atoms with Crippen LogP contribution in [-0.4, -0.2) is 48.1 Å². The smallest absolute Gasteiger partial charge is 0.263 e. The first-order valence-corrected chi connectivity index (χ1v) is 13.7. The second kappa shape index (κ2) is 9.64. The predicted octanol–water partition coefficient (Wildman–Crippen LogP) is 4.46. The molecule has 38 heavy (non-hydrogen) atoms. The maximum atomic E-state index is 13.4. The lowest BCUT2D eigenvalue weighted by Crippen LogP contribution is -2.34. The first kappa shape index (κ1) is 24.2. The van der Waals surface area contributed by atoms with E-state index in [0.717, 1.165) is 28.1 Å². The van der Waals surface area contributed by atoms with E-state index in [9.17, 15) is 9.59 Å². The molecule has 0 saturated heterocycles. The first-order chi connectivity index (χ1) is 18.4. The molecule has 1 aliphatic carbocycles. The van der Waals surface area contributed by atoms with Crippen molar-refractivity contribution >= 4 is 46.6 Å². The van der Waals surface area contributed by atoms with Crippen molar-refractivity contribution in [2.24, 2.45) is 5.92 Å². The average molecular weight is 529 g/mol. The van der Waals surface area contributed by atoms with Crippen molar-refractivity contribution in [3.8, 4) is 11.3 Å².